The second-order valence-electron chi connectivity index (χ2n) is 10.0. The number of nitrogens with one attached hydrogen (secondary N) is 2. The molecule has 0 unspecified atom stereocenters. The summed E-state index contributed by atoms with van der Waals surface area (Å²) in [7, 11) is 0. The average Bonchev–Trinajstić information content (AvgIpc) is 3.00. The van der Waals surface area contributed by atoms with Crippen molar-refractivity contribution in [3.05, 3.63) is 50.6 Å². The average molecular weight is 625 g/mol. The summed E-state index contributed by atoms with van der Waals surface area (Å²) in [4.78, 5) is 70.1. The zero-order valence-corrected chi connectivity index (χ0v) is 25.5. The Morgan fingerprint density at radius 3 is 0.977 bits per heavy atom. The highest BCUT2D eigenvalue weighted by molar-refractivity contribution is 5.82. The molecule has 14 heteroatoms. The summed E-state index contributed by atoms with van der Waals surface area (Å²) in [5.41, 5.74) is -2.47. The molecule has 246 valence electrons. The van der Waals surface area contributed by atoms with E-state index in [0.29, 0.717) is 12.8 Å². The third-order valence-corrected chi connectivity index (χ3v) is 5.61. The Kier molecular flexibility index (Phi) is 19.7. The van der Waals surface area contributed by atoms with E-state index in [9.17, 15) is 28.8 Å². The van der Waals surface area contributed by atoms with Gasteiger partial charge in [0.1, 0.15) is 37.5 Å². The van der Waals surface area contributed by atoms with Crippen molar-refractivity contribution in [1.82, 2.24) is 10.6 Å². The summed E-state index contributed by atoms with van der Waals surface area (Å²) in [6.07, 6.45) is 6.82. The molecule has 44 heavy (non-hydrogen) atoms. The molecule has 0 saturated carbocycles. The van der Waals surface area contributed by atoms with Crippen molar-refractivity contribution in [2.24, 2.45) is 0 Å². The Bertz CT molecular complexity index is 895. The third-order valence-electron chi connectivity index (χ3n) is 5.61. The molecule has 2 amide bonds. The molecular weight excluding hydrogens is 580 g/mol. The summed E-state index contributed by atoms with van der Waals surface area (Å²) >= 11 is 0. The molecule has 14 nitrogen and oxygen atoms in total. The molecule has 0 aromatic rings. The predicted molar refractivity (Wildman–Crippen MR) is 158 cm³/mol. The van der Waals surface area contributed by atoms with Crippen molar-refractivity contribution in [3.63, 3.8) is 0 Å². The number of alkyl carbamates (subject to hydrolysis) is 2. The molecule has 0 heterocycles. The van der Waals surface area contributed by atoms with E-state index in [-0.39, 0.29) is 39.6 Å². The van der Waals surface area contributed by atoms with E-state index in [1.54, 1.807) is 0 Å². The van der Waals surface area contributed by atoms with Gasteiger partial charge in [0, 0.05) is 24.3 Å². The highest BCUT2D eigenvalue weighted by Crippen LogP contribution is 2.11. The molecular formula is C30H44N2O12. The summed E-state index contributed by atoms with van der Waals surface area (Å²) in [6.45, 7) is 15.4. The second-order valence-corrected chi connectivity index (χ2v) is 10.0. The predicted octanol–water partition coefficient (Wildman–Crippen LogP) is 3.21. The number of esters is 4. The van der Waals surface area contributed by atoms with Crippen molar-refractivity contribution in [2.75, 3.05) is 39.6 Å². The normalized spacial score (nSPS) is 10.7. The molecule has 0 fully saturated rings. The minimum atomic E-state index is -1.23. The lowest BCUT2D eigenvalue weighted by Crippen LogP contribution is -2.53. The molecule has 0 atom stereocenters. The van der Waals surface area contributed by atoms with Gasteiger partial charge < -0.3 is 39.1 Å². The Labute approximate surface area is 257 Å². The smallest absolute Gasteiger partial charge is 0.407 e. The van der Waals surface area contributed by atoms with Crippen LogP contribution < -0.4 is 10.6 Å². The van der Waals surface area contributed by atoms with Crippen LogP contribution in [0, 0.1) is 0 Å². The topological polar surface area (TPSA) is 182 Å². The van der Waals surface area contributed by atoms with Gasteiger partial charge in [0.05, 0.1) is 13.2 Å². The van der Waals surface area contributed by atoms with Crippen LogP contribution in [0.5, 0.6) is 0 Å². The monoisotopic (exact) mass is 624 g/mol. The SMILES string of the molecule is C=CC(=O)OCC(C)(COC(=O)C=C)NC(=O)OCCCCCCCCOC(=O)NC(C)(COC(=O)C=C)COC(=O)C=C. The van der Waals surface area contributed by atoms with E-state index in [1.165, 1.54) is 13.8 Å². The molecule has 0 aliphatic rings. The van der Waals surface area contributed by atoms with Gasteiger partial charge in [-0.3, -0.25) is 0 Å². The van der Waals surface area contributed by atoms with Gasteiger partial charge in [0.25, 0.3) is 0 Å². The maximum Gasteiger partial charge on any atom is 0.407 e. The highest BCUT2D eigenvalue weighted by Gasteiger charge is 2.32. The second kappa shape index (κ2) is 22.0. The minimum Gasteiger partial charge on any atom is -0.460 e. The molecule has 2 N–H and O–H groups in total. The van der Waals surface area contributed by atoms with Gasteiger partial charge in [-0.2, -0.15) is 0 Å². The van der Waals surface area contributed by atoms with Crippen molar-refractivity contribution in [1.29, 1.82) is 0 Å². The van der Waals surface area contributed by atoms with Crippen LogP contribution in [0.1, 0.15) is 52.4 Å². The Morgan fingerprint density at radius 1 is 0.477 bits per heavy atom. The molecule has 0 bridgehead atoms. The summed E-state index contributed by atoms with van der Waals surface area (Å²) < 4.78 is 30.3. The van der Waals surface area contributed by atoms with Crippen LogP contribution in [-0.2, 0) is 47.6 Å². The molecule has 0 aromatic carbocycles. The fraction of sp³-hybridized carbons (Fsp3) is 0.533. The Balaban J connectivity index is 4.31. The maximum atomic E-state index is 12.2. The van der Waals surface area contributed by atoms with Gasteiger partial charge in [-0.1, -0.05) is 52.0 Å². The first-order chi connectivity index (χ1) is 20.8. The van der Waals surface area contributed by atoms with Crippen molar-refractivity contribution in [3.8, 4) is 0 Å². The summed E-state index contributed by atoms with van der Waals surface area (Å²) in [5.74, 6) is -2.81. The van der Waals surface area contributed by atoms with Crippen molar-refractivity contribution in [2.45, 2.75) is 63.5 Å². The van der Waals surface area contributed by atoms with E-state index in [4.69, 9.17) is 28.4 Å². The molecule has 0 aliphatic carbocycles. The maximum absolute atomic E-state index is 12.2. The summed E-state index contributed by atoms with van der Waals surface area (Å²) in [5, 5.41) is 5.09. The Hall–Kier alpha value is -4.62. The van der Waals surface area contributed by atoms with E-state index in [2.05, 4.69) is 36.9 Å². The van der Waals surface area contributed by atoms with Gasteiger partial charge in [0.2, 0.25) is 0 Å². The van der Waals surface area contributed by atoms with Gasteiger partial charge in [-0.05, 0) is 26.7 Å². The van der Waals surface area contributed by atoms with E-state index < -0.39 is 47.1 Å². The fourth-order valence-corrected chi connectivity index (χ4v) is 3.19. The zero-order chi connectivity index (χ0) is 33.4. The first-order valence-electron chi connectivity index (χ1n) is 13.9. The molecule has 0 radical (unpaired) electrons. The molecule has 0 aliphatic heterocycles. The number of amides is 2. The van der Waals surface area contributed by atoms with Crippen molar-refractivity contribution >= 4 is 36.1 Å². The fourth-order valence-electron chi connectivity index (χ4n) is 3.19. The molecule has 0 rings (SSSR count). The molecule has 0 spiro atoms. The van der Waals surface area contributed by atoms with Gasteiger partial charge in [-0.15, -0.1) is 0 Å². The lowest BCUT2D eigenvalue weighted by molar-refractivity contribution is -0.146. The lowest BCUT2D eigenvalue weighted by atomic mass is 10.1. The highest BCUT2D eigenvalue weighted by atomic mass is 16.6. The molecule has 0 saturated heterocycles. The number of rotatable bonds is 23. The van der Waals surface area contributed by atoms with Crippen LogP contribution >= 0.6 is 0 Å². The van der Waals surface area contributed by atoms with Crippen LogP contribution in [-0.4, -0.2) is 86.8 Å². The number of hydrogen-bond donors (Lipinski definition) is 2. The van der Waals surface area contributed by atoms with Gasteiger partial charge >= 0.3 is 36.1 Å². The van der Waals surface area contributed by atoms with Crippen LogP contribution in [0.15, 0.2) is 50.6 Å². The van der Waals surface area contributed by atoms with Crippen LogP contribution in [0.3, 0.4) is 0 Å². The van der Waals surface area contributed by atoms with Crippen molar-refractivity contribution < 1.29 is 57.2 Å². The number of hydrogen-bond acceptors (Lipinski definition) is 12. The number of ether oxygens (including phenoxy) is 6. The van der Waals surface area contributed by atoms with Crippen LogP contribution in [0.2, 0.25) is 0 Å². The lowest BCUT2D eigenvalue weighted by Gasteiger charge is -2.29. The number of carbonyl (C=O) groups excluding carboxylic acids is 6. The third kappa shape index (κ3) is 19.5. The minimum absolute atomic E-state index is 0.146. The summed E-state index contributed by atoms with van der Waals surface area (Å²) in [6, 6.07) is 0. The molecule has 0 aromatic heterocycles. The quantitative estimate of drug-likeness (QED) is 0.0734. The van der Waals surface area contributed by atoms with Crippen LogP contribution in [0.4, 0.5) is 9.59 Å². The van der Waals surface area contributed by atoms with Crippen LogP contribution in [0.25, 0.3) is 0 Å². The number of unbranched alkanes of at least 4 members (excludes halogenated alkanes) is 5. The van der Waals surface area contributed by atoms with E-state index >= 15 is 0 Å². The number of carbonyl (C=O) groups is 6. The van der Waals surface area contributed by atoms with E-state index in [1.807, 2.05) is 0 Å². The van der Waals surface area contributed by atoms with Gasteiger partial charge in [0.15, 0.2) is 0 Å². The Morgan fingerprint density at radius 2 is 0.727 bits per heavy atom. The first kappa shape index (κ1) is 39.4. The first-order valence-corrected chi connectivity index (χ1v) is 13.9. The van der Waals surface area contributed by atoms with Gasteiger partial charge in [-0.25, -0.2) is 28.8 Å². The largest absolute Gasteiger partial charge is 0.460 e. The standard InChI is InChI=1S/C30H44N2O12/c1-7-23(33)41-19-29(5,20-42-24(34)8-2)31-27(37)39-17-15-13-11-12-14-16-18-40-28(38)32-30(6,21-43-25(35)9-3)22-44-26(36)10-4/h7-10H,1-4,11-22H2,5-6H3,(H,31,37)(H,32,38). The van der Waals surface area contributed by atoms with E-state index in [0.717, 1.165) is 50.0 Å². The zero-order valence-electron chi connectivity index (χ0n) is 25.5.